The molecule has 0 saturated carbocycles. The Bertz CT molecular complexity index is 463. The molecule has 1 aliphatic heterocycles. The molecule has 2 rings (SSSR count). The largest absolute Gasteiger partial charge is 0.465 e. The minimum absolute atomic E-state index is 0.145. The second kappa shape index (κ2) is 5.71. The van der Waals surface area contributed by atoms with Gasteiger partial charge in [-0.25, -0.2) is 9.86 Å². The van der Waals surface area contributed by atoms with Crippen LogP contribution in [0.1, 0.15) is 18.9 Å². The van der Waals surface area contributed by atoms with Gasteiger partial charge in [-0.2, -0.15) is 0 Å². The summed E-state index contributed by atoms with van der Waals surface area (Å²) in [6, 6.07) is 8.62. The summed E-state index contributed by atoms with van der Waals surface area (Å²) in [7, 11) is 0. The van der Waals surface area contributed by atoms with E-state index in [1.54, 1.807) is 0 Å². The molecule has 0 spiro atoms. The van der Waals surface area contributed by atoms with Crippen LogP contribution in [-0.2, 0) is 16.2 Å². The van der Waals surface area contributed by atoms with Crippen molar-refractivity contribution in [3.63, 3.8) is 0 Å². The maximum Gasteiger partial charge on any atom is 0.405 e. The summed E-state index contributed by atoms with van der Waals surface area (Å²) >= 11 is 0. The van der Waals surface area contributed by atoms with Crippen molar-refractivity contribution in [2.75, 3.05) is 0 Å². The first-order valence-corrected chi connectivity index (χ1v) is 6.07. The van der Waals surface area contributed by atoms with Crippen LogP contribution in [0.4, 0.5) is 4.79 Å². The fourth-order valence-electron chi connectivity index (χ4n) is 2.09. The van der Waals surface area contributed by atoms with Crippen molar-refractivity contribution >= 4 is 12.0 Å². The predicted octanol–water partition coefficient (Wildman–Crippen LogP) is 1.38. The maximum atomic E-state index is 11.9. The van der Waals surface area contributed by atoms with Gasteiger partial charge in [-0.1, -0.05) is 30.3 Å². The van der Waals surface area contributed by atoms with Gasteiger partial charge in [-0.3, -0.25) is 9.63 Å². The molecule has 0 radical (unpaired) electrons. The number of nitrogens with one attached hydrogen (secondary N) is 1. The second-order valence-electron chi connectivity index (χ2n) is 4.51. The fourth-order valence-corrected chi connectivity index (χ4v) is 2.09. The molecule has 0 bridgehead atoms. The van der Waals surface area contributed by atoms with Gasteiger partial charge in [0.25, 0.3) is 5.91 Å². The van der Waals surface area contributed by atoms with E-state index >= 15 is 0 Å². The number of hydrogen-bond acceptors (Lipinski definition) is 3. The zero-order valence-corrected chi connectivity index (χ0v) is 10.6. The quantitative estimate of drug-likeness (QED) is 0.861. The highest BCUT2D eigenvalue weighted by Gasteiger charge is 2.39. The Morgan fingerprint density at radius 3 is 2.79 bits per heavy atom. The van der Waals surface area contributed by atoms with Crippen molar-refractivity contribution in [1.29, 1.82) is 0 Å². The van der Waals surface area contributed by atoms with Crippen molar-refractivity contribution in [2.45, 2.75) is 32.0 Å². The Hall–Kier alpha value is -2.08. The number of amides is 2. The molecule has 2 amide bonds. The van der Waals surface area contributed by atoms with Crippen molar-refractivity contribution in [1.82, 2.24) is 10.4 Å². The average Bonchev–Trinajstić information content (AvgIpc) is 2.63. The summed E-state index contributed by atoms with van der Waals surface area (Å²) < 4.78 is 0. The van der Waals surface area contributed by atoms with Crippen LogP contribution in [0, 0.1) is 0 Å². The molecule has 19 heavy (non-hydrogen) atoms. The minimum Gasteiger partial charge on any atom is -0.465 e. The van der Waals surface area contributed by atoms with Gasteiger partial charge in [-0.05, 0) is 18.9 Å². The van der Waals surface area contributed by atoms with Crippen LogP contribution in [0.2, 0.25) is 0 Å². The molecule has 102 valence electrons. The number of carbonyl (C=O) groups excluding carboxylic acids is 1. The summed E-state index contributed by atoms with van der Waals surface area (Å²) in [5.74, 6) is -0.342. The first-order valence-electron chi connectivity index (χ1n) is 6.07. The molecule has 6 heteroatoms. The van der Waals surface area contributed by atoms with Gasteiger partial charge in [-0.15, -0.1) is 0 Å². The van der Waals surface area contributed by atoms with E-state index in [0.717, 1.165) is 5.56 Å². The Morgan fingerprint density at radius 2 is 2.16 bits per heavy atom. The van der Waals surface area contributed by atoms with Crippen LogP contribution in [0.25, 0.3) is 0 Å². The van der Waals surface area contributed by atoms with Gasteiger partial charge in [0.1, 0.15) is 12.6 Å². The van der Waals surface area contributed by atoms with Gasteiger partial charge in [0.2, 0.25) is 0 Å². The zero-order chi connectivity index (χ0) is 13.8. The summed E-state index contributed by atoms with van der Waals surface area (Å²) in [5, 5.41) is 12.1. The summed E-state index contributed by atoms with van der Waals surface area (Å²) in [5.41, 5.74) is 0.956. The standard InChI is InChI=1S/C13H16N2O4/c1-9-7-11(14-13(17)18)12(16)15(9)19-8-10-5-3-2-4-6-10/h2-6,9,11,14H,7-8H2,1H3,(H,17,18). The number of benzene rings is 1. The Labute approximate surface area is 110 Å². The summed E-state index contributed by atoms with van der Waals surface area (Å²) in [6.45, 7) is 2.11. The molecule has 1 aromatic rings. The fraction of sp³-hybridized carbons (Fsp3) is 0.385. The number of carboxylic acid groups (broad SMARTS) is 1. The van der Waals surface area contributed by atoms with E-state index in [4.69, 9.17) is 9.94 Å². The lowest BCUT2D eigenvalue weighted by Crippen LogP contribution is -2.41. The Kier molecular flexibility index (Phi) is 4.01. The number of hydrogen-bond donors (Lipinski definition) is 2. The number of rotatable bonds is 4. The topological polar surface area (TPSA) is 78.9 Å². The van der Waals surface area contributed by atoms with Crippen LogP contribution in [0.5, 0.6) is 0 Å². The van der Waals surface area contributed by atoms with E-state index in [1.165, 1.54) is 5.06 Å². The van der Waals surface area contributed by atoms with Crippen LogP contribution < -0.4 is 5.32 Å². The molecule has 1 fully saturated rings. The van der Waals surface area contributed by atoms with Crippen LogP contribution in [-0.4, -0.2) is 34.3 Å². The van der Waals surface area contributed by atoms with E-state index in [9.17, 15) is 9.59 Å². The van der Waals surface area contributed by atoms with E-state index in [-0.39, 0.29) is 18.6 Å². The normalized spacial score (nSPS) is 22.6. The van der Waals surface area contributed by atoms with Crippen molar-refractivity contribution in [2.24, 2.45) is 0 Å². The maximum absolute atomic E-state index is 11.9. The van der Waals surface area contributed by atoms with Gasteiger partial charge < -0.3 is 10.4 Å². The van der Waals surface area contributed by atoms with Crippen molar-refractivity contribution < 1.29 is 19.5 Å². The second-order valence-corrected chi connectivity index (χ2v) is 4.51. The molecule has 0 aliphatic carbocycles. The van der Waals surface area contributed by atoms with Crippen LogP contribution in [0.3, 0.4) is 0 Å². The molecule has 2 N–H and O–H groups in total. The summed E-state index contributed by atoms with van der Waals surface area (Å²) in [4.78, 5) is 28.0. The highest BCUT2D eigenvalue weighted by molar-refractivity contribution is 5.86. The third kappa shape index (κ3) is 3.23. The van der Waals surface area contributed by atoms with E-state index in [2.05, 4.69) is 5.32 Å². The molecule has 1 saturated heterocycles. The number of hydroxylamine groups is 2. The van der Waals surface area contributed by atoms with E-state index < -0.39 is 12.1 Å². The van der Waals surface area contributed by atoms with Crippen molar-refractivity contribution in [3.05, 3.63) is 35.9 Å². The van der Waals surface area contributed by atoms with Gasteiger partial charge in [0.05, 0.1) is 6.04 Å². The van der Waals surface area contributed by atoms with E-state index in [1.807, 2.05) is 37.3 Å². The van der Waals surface area contributed by atoms with E-state index in [0.29, 0.717) is 6.42 Å². The smallest absolute Gasteiger partial charge is 0.405 e. The first-order chi connectivity index (χ1) is 9.08. The lowest BCUT2D eigenvalue weighted by atomic mass is 10.2. The lowest BCUT2D eigenvalue weighted by Gasteiger charge is -2.20. The van der Waals surface area contributed by atoms with Gasteiger partial charge in [0, 0.05) is 0 Å². The highest BCUT2D eigenvalue weighted by atomic mass is 16.7. The molecule has 0 aromatic heterocycles. The number of carbonyl (C=O) groups is 2. The molecule has 1 aliphatic rings. The molecule has 6 nitrogen and oxygen atoms in total. The Morgan fingerprint density at radius 1 is 1.47 bits per heavy atom. The highest BCUT2D eigenvalue weighted by Crippen LogP contribution is 2.20. The Balaban J connectivity index is 1.93. The monoisotopic (exact) mass is 264 g/mol. The minimum atomic E-state index is -1.20. The zero-order valence-electron chi connectivity index (χ0n) is 10.6. The first kappa shape index (κ1) is 13.4. The molecule has 1 heterocycles. The summed E-state index contributed by atoms with van der Waals surface area (Å²) in [6.07, 6.45) is -0.782. The predicted molar refractivity (Wildman–Crippen MR) is 67.1 cm³/mol. The number of nitrogens with zero attached hydrogens (tertiary/aromatic N) is 1. The average molecular weight is 264 g/mol. The van der Waals surface area contributed by atoms with Gasteiger partial charge >= 0.3 is 6.09 Å². The van der Waals surface area contributed by atoms with Crippen LogP contribution in [0.15, 0.2) is 30.3 Å². The third-order valence-corrected chi connectivity index (χ3v) is 3.00. The van der Waals surface area contributed by atoms with Gasteiger partial charge in [0.15, 0.2) is 0 Å². The third-order valence-electron chi connectivity index (χ3n) is 3.00. The molecule has 1 aromatic carbocycles. The molecular formula is C13H16N2O4. The van der Waals surface area contributed by atoms with Crippen molar-refractivity contribution in [3.8, 4) is 0 Å². The molecule has 2 unspecified atom stereocenters. The SMILES string of the molecule is CC1CC(NC(=O)O)C(=O)N1OCc1ccccc1. The molecular weight excluding hydrogens is 248 g/mol. The van der Waals surface area contributed by atoms with Crippen LogP contribution >= 0.6 is 0 Å². The molecule has 2 atom stereocenters. The lowest BCUT2D eigenvalue weighted by molar-refractivity contribution is -0.193.